The Morgan fingerprint density at radius 3 is 2.56 bits per heavy atom. The Bertz CT molecular complexity index is 351. The zero-order valence-corrected chi connectivity index (χ0v) is 10.0. The number of nitrogens with one attached hydrogen (secondary N) is 1. The van der Waals surface area contributed by atoms with Crippen molar-refractivity contribution in [2.45, 2.75) is 19.8 Å². The Kier molecular flexibility index (Phi) is 5.64. The highest BCUT2D eigenvalue weighted by Crippen LogP contribution is 2.08. The molecule has 0 aliphatic carbocycles. The first-order valence-corrected chi connectivity index (χ1v) is 6.15. The van der Waals surface area contributed by atoms with Gasteiger partial charge in [0.05, 0.1) is 0 Å². The fourth-order valence-electron chi connectivity index (χ4n) is 1.19. The van der Waals surface area contributed by atoms with Gasteiger partial charge in [0.2, 0.25) is 5.91 Å². The van der Waals surface area contributed by atoms with Crippen LogP contribution in [0.4, 0.5) is 5.69 Å². The summed E-state index contributed by atoms with van der Waals surface area (Å²) in [5, 5.41) is 2.90. The Morgan fingerprint density at radius 2 is 1.94 bits per heavy atom. The van der Waals surface area contributed by atoms with Gasteiger partial charge < -0.3 is 5.32 Å². The molecule has 4 heteroatoms. The van der Waals surface area contributed by atoms with Crippen molar-refractivity contribution in [2.24, 2.45) is 0 Å². The van der Waals surface area contributed by atoms with E-state index in [1.165, 1.54) is 18.7 Å². The van der Waals surface area contributed by atoms with Crippen LogP contribution in [0.3, 0.4) is 0 Å². The molecule has 0 aliphatic heterocycles. The molecule has 3 nitrogen and oxygen atoms in total. The van der Waals surface area contributed by atoms with Gasteiger partial charge in [-0.25, -0.2) is 0 Å². The lowest BCUT2D eigenvalue weighted by atomic mass is 10.3. The van der Waals surface area contributed by atoms with E-state index < -0.39 is 0 Å². The summed E-state index contributed by atoms with van der Waals surface area (Å²) in [4.78, 5) is 22.1. The van der Waals surface area contributed by atoms with E-state index in [0.29, 0.717) is 12.2 Å². The zero-order valence-electron chi connectivity index (χ0n) is 9.23. The fourth-order valence-corrected chi connectivity index (χ4v) is 1.77. The molecule has 1 N–H and O–H groups in total. The van der Waals surface area contributed by atoms with Crippen LogP contribution in [0.5, 0.6) is 0 Å². The van der Waals surface area contributed by atoms with Crippen LogP contribution < -0.4 is 5.32 Å². The van der Waals surface area contributed by atoms with E-state index in [1.54, 1.807) is 0 Å². The molecule has 0 aliphatic rings. The Balaban J connectivity index is 2.19. The van der Waals surface area contributed by atoms with Crippen molar-refractivity contribution in [3.63, 3.8) is 0 Å². The van der Waals surface area contributed by atoms with Crippen LogP contribution in [0.25, 0.3) is 0 Å². The zero-order chi connectivity index (χ0) is 11.8. The number of hydrogen-bond acceptors (Lipinski definition) is 3. The van der Waals surface area contributed by atoms with Crippen LogP contribution in [0, 0.1) is 0 Å². The van der Waals surface area contributed by atoms with E-state index in [2.05, 4.69) is 5.32 Å². The number of carbonyl (C=O) groups excluding carboxylic acids is 2. The number of thioether (sulfide) groups is 1. The number of rotatable bonds is 5. The van der Waals surface area contributed by atoms with E-state index >= 15 is 0 Å². The van der Waals surface area contributed by atoms with Gasteiger partial charge in [-0.15, -0.1) is 0 Å². The van der Waals surface area contributed by atoms with E-state index in [4.69, 9.17) is 0 Å². The number of hydrogen-bond donors (Lipinski definition) is 1. The van der Waals surface area contributed by atoms with Crippen LogP contribution >= 0.6 is 11.8 Å². The average molecular weight is 237 g/mol. The standard InChI is InChI=1S/C12H15NO2S/c1-10(14)16-9-5-8-12(15)13-11-6-3-2-4-7-11/h2-4,6-7H,5,8-9H2,1H3,(H,13,15). The summed E-state index contributed by atoms with van der Waals surface area (Å²) < 4.78 is 0. The lowest BCUT2D eigenvalue weighted by Gasteiger charge is -2.03. The molecule has 0 bridgehead atoms. The molecule has 0 radical (unpaired) electrons. The first kappa shape index (κ1) is 12.8. The van der Waals surface area contributed by atoms with Crippen molar-refractivity contribution in [1.29, 1.82) is 0 Å². The summed E-state index contributed by atoms with van der Waals surface area (Å²) in [6.07, 6.45) is 1.18. The first-order valence-electron chi connectivity index (χ1n) is 5.17. The molecule has 0 heterocycles. The molecular weight excluding hydrogens is 222 g/mol. The average Bonchev–Trinajstić information content (AvgIpc) is 2.25. The highest BCUT2D eigenvalue weighted by molar-refractivity contribution is 8.13. The van der Waals surface area contributed by atoms with Gasteiger partial charge in [0.25, 0.3) is 0 Å². The molecule has 1 aromatic rings. The minimum Gasteiger partial charge on any atom is -0.326 e. The molecule has 1 rings (SSSR count). The maximum Gasteiger partial charge on any atom is 0.224 e. The molecule has 0 saturated heterocycles. The molecule has 0 fully saturated rings. The molecule has 86 valence electrons. The van der Waals surface area contributed by atoms with Crippen molar-refractivity contribution in [2.75, 3.05) is 11.1 Å². The van der Waals surface area contributed by atoms with Crippen LogP contribution in [0.2, 0.25) is 0 Å². The normalized spacial score (nSPS) is 9.81. The highest BCUT2D eigenvalue weighted by atomic mass is 32.2. The van der Waals surface area contributed by atoms with E-state index in [-0.39, 0.29) is 11.0 Å². The van der Waals surface area contributed by atoms with Gasteiger partial charge in [-0.1, -0.05) is 30.0 Å². The molecule has 0 spiro atoms. The van der Waals surface area contributed by atoms with Gasteiger partial charge in [-0.05, 0) is 18.6 Å². The number of benzene rings is 1. The van der Waals surface area contributed by atoms with E-state index in [1.807, 2.05) is 30.3 Å². The second-order valence-corrected chi connectivity index (χ2v) is 4.63. The fraction of sp³-hybridized carbons (Fsp3) is 0.333. The largest absolute Gasteiger partial charge is 0.326 e. The predicted molar refractivity (Wildman–Crippen MR) is 67.4 cm³/mol. The lowest BCUT2D eigenvalue weighted by molar-refractivity contribution is -0.116. The van der Waals surface area contributed by atoms with Crippen molar-refractivity contribution in [3.8, 4) is 0 Å². The smallest absolute Gasteiger partial charge is 0.224 e. The van der Waals surface area contributed by atoms with Crippen molar-refractivity contribution >= 4 is 28.5 Å². The summed E-state index contributed by atoms with van der Waals surface area (Å²) in [7, 11) is 0. The molecule has 1 aromatic carbocycles. The maximum absolute atomic E-state index is 11.5. The number of anilines is 1. The SMILES string of the molecule is CC(=O)SCCCC(=O)Nc1ccccc1. The monoisotopic (exact) mass is 237 g/mol. The Morgan fingerprint density at radius 1 is 1.25 bits per heavy atom. The van der Waals surface area contributed by atoms with E-state index in [9.17, 15) is 9.59 Å². The Labute approximate surface area is 99.6 Å². The summed E-state index contributed by atoms with van der Waals surface area (Å²) in [6, 6.07) is 9.35. The second kappa shape index (κ2) is 7.06. The third-order valence-corrected chi connectivity index (χ3v) is 2.81. The lowest BCUT2D eigenvalue weighted by Crippen LogP contribution is -2.11. The van der Waals surface area contributed by atoms with Crippen molar-refractivity contribution in [3.05, 3.63) is 30.3 Å². The highest BCUT2D eigenvalue weighted by Gasteiger charge is 2.02. The van der Waals surface area contributed by atoms with Gasteiger partial charge in [-0.2, -0.15) is 0 Å². The topological polar surface area (TPSA) is 46.2 Å². The molecular formula is C12H15NO2S. The number of amides is 1. The predicted octanol–water partition coefficient (Wildman–Crippen LogP) is 2.69. The third-order valence-electron chi connectivity index (χ3n) is 1.91. The number of para-hydroxylation sites is 1. The summed E-state index contributed by atoms with van der Waals surface area (Å²) in [6.45, 7) is 1.54. The van der Waals surface area contributed by atoms with Gasteiger partial charge in [0.15, 0.2) is 5.12 Å². The summed E-state index contributed by atoms with van der Waals surface area (Å²) in [5.41, 5.74) is 0.812. The van der Waals surface area contributed by atoms with Crippen LogP contribution in [-0.4, -0.2) is 16.8 Å². The molecule has 16 heavy (non-hydrogen) atoms. The molecule has 0 saturated carbocycles. The van der Waals surface area contributed by atoms with Gasteiger partial charge in [0, 0.05) is 24.8 Å². The first-order chi connectivity index (χ1) is 7.68. The van der Waals surface area contributed by atoms with Gasteiger partial charge in [-0.3, -0.25) is 9.59 Å². The Hall–Kier alpha value is -1.29. The van der Waals surface area contributed by atoms with Crippen LogP contribution in [0.1, 0.15) is 19.8 Å². The van der Waals surface area contributed by atoms with E-state index in [0.717, 1.165) is 12.1 Å². The molecule has 0 unspecified atom stereocenters. The third kappa shape index (κ3) is 5.56. The minimum atomic E-state index is -0.00430. The molecule has 1 amide bonds. The van der Waals surface area contributed by atoms with Crippen molar-refractivity contribution in [1.82, 2.24) is 0 Å². The van der Waals surface area contributed by atoms with Gasteiger partial charge in [0.1, 0.15) is 0 Å². The van der Waals surface area contributed by atoms with Crippen molar-refractivity contribution < 1.29 is 9.59 Å². The summed E-state index contributed by atoms with van der Waals surface area (Å²) in [5.74, 6) is 0.702. The minimum absolute atomic E-state index is 0.00430. The number of carbonyl (C=O) groups is 2. The summed E-state index contributed by atoms with van der Waals surface area (Å²) >= 11 is 1.26. The van der Waals surface area contributed by atoms with Crippen LogP contribution in [0.15, 0.2) is 30.3 Å². The molecule has 0 aromatic heterocycles. The van der Waals surface area contributed by atoms with Gasteiger partial charge >= 0.3 is 0 Å². The maximum atomic E-state index is 11.5. The molecule has 0 atom stereocenters. The quantitative estimate of drug-likeness (QED) is 0.801. The van der Waals surface area contributed by atoms with Crippen LogP contribution in [-0.2, 0) is 9.59 Å². The second-order valence-electron chi connectivity index (χ2n) is 3.36.